The second-order valence-electron chi connectivity index (χ2n) is 4.21. The molecule has 18 heavy (non-hydrogen) atoms. The lowest BCUT2D eigenvalue weighted by atomic mass is 10.1. The van der Waals surface area contributed by atoms with Crippen LogP contribution in [0.4, 0.5) is 0 Å². The molecule has 1 aromatic carbocycles. The Morgan fingerprint density at radius 2 is 2.22 bits per heavy atom. The van der Waals surface area contributed by atoms with Gasteiger partial charge in [0.25, 0.3) is 0 Å². The van der Waals surface area contributed by atoms with Gasteiger partial charge in [0.15, 0.2) is 0 Å². The van der Waals surface area contributed by atoms with E-state index < -0.39 is 6.10 Å². The number of hydrogen-bond donors (Lipinski definition) is 1. The van der Waals surface area contributed by atoms with Gasteiger partial charge in [-0.25, -0.2) is 4.98 Å². The first-order valence-corrected chi connectivity index (χ1v) is 5.73. The SMILES string of the molecule is Cn1ncnc1CC(O)c1coc2ccccc12. The van der Waals surface area contributed by atoms with Crippen LogP contribution in [0.3, 0.4) is 0 Å². The number of fused-ring (bicyclic) bond motifs is 1. The van der Waals surface area contributed by atoms with Crippen molar-refractivity contribution in [3.63, 3.8) is 0 Å². The topological polar surface area (TPSA) is 64.1 Å². The van der Waals surface area contributed by atoms with E-state index in [1.165, 1.54) is 6.33 Å². The number of benzene rings is 1. The molecule has 2 heterocycles. The summed E-state index contributed by atoms with van der Waals surface area (Å²) >= 11 is 0. The molecular formula is C13H13N3O2. The van der Waals surface area contributed by atoms with E-state index >= 15 is 0 Å². The number of aliphatic hydroxyl groups excluding tert-OH is 1. The van der Waals surface area contributed by atoms with E-state index in [9.17, 15) is 5.11 Å². The normalized spacial score (nSPS) is 13.0. The Hall–Kier alpha value is -2.14. The average Bonchev–Trinajstić information content (AvgIpc) is 2.96. The van der Waals surface area contributed by atoms with E-state index in [4.69, 9.17) is 4.42 Å². The van der Waals surface area contributed by atoms with Gasteiger partial charge in [-0.3, -0.25) is 4.68 Å². The zero-order valence-electron chi connectivity index (χ0n) is 9.95. The number of aliphatic hydroxyl groups is 1. The molecule has 3 rings (SSSR count). The van der Waals surface area contributed by atoms with Gasteiger partial charge in [0.1, 0.15) is 17.7 Å². The summed E-state index contributed by atoms with van der Waals surface area (Å²) in [6.45, 7) is 0. The molecule has 0 spiro atoms. The highest BCUT2D eigenvalue weighted by molar-refractivity contribution is 5.81. The van der Waals surface area contributed by atoms with Crippen LogP contribution in [-0.2, 0) is 13.5 Å². The zero-order chi connectivity index (χ0) is 12.5. The van der Waals surface area contributed by atoms with E-state index in [1.807, 2.05) is 31.3 Å². The minimum absolute atomic E-state index is 0.417. The van der Waals surface area contributed by atoms with Gasteiger partial charge in [0.05, 0.1) is 12.4 Å². The maximum atomic E-state index is 10.3. The minimum Gasteiger partial charge on any atom is -0.464 e. The first-order chi connectivity index (χ1) is 8.75. The van der Waals surface area contributed by atoms with Crippen LogP contribution in [0.5, 0.6) is 0 Å². The number of nitrogens with zero attached hydrogens (tertiary/aromatic N) is 3. The van der Waals surface area contributed by atoms with Crippen molar-refractivity contribution in [2.75, 3.05) is 0 Å². The van der Waals surface area contributed by atoms with E-state index in [2.05, 4.69) is 10.1 Å². The van der Waals surface area contributed by atoms with Crippen LogP contribution in [0.25, 0.3) is 11.0 Å². The van der Waals surface area contributed by atoms with Gasteiger partial charge in [-0.15, -0.1) is 0 Å². The summed E-state index contributed by atoms with van der Waals surface area (Å²) in [5.74, 6) is 0.743. The molecule has 0 radical (unpaired) electrons. The first-order valence-electron chi connectivity index (χ1n) is 5.73. The molecule has 0 bridgehead atoms. The smallest absolute Gasteiger partial charge is 0.138 e. The molecule has 92 valence electrons. The summed E-state index contributed by atoms with van der Waals surface area (Å²) in [5, 5.41) is 15.2. The standard InChI is InChI=1S/C13H13N3O2/c1-16-13(14-8-15-16)6-11(17)10-7-18-12-5-3-2-4-9(10)12/h2-5,7-8,11,17H,6H2,1H3. The Kier molecular flexibility index (Phi) is 2.60. The largest absolute Gasteiger partial charge is 0.464 e. The molecule has 0 saturated heterocycles. The molecular weight excluding hydrogens is 230 g/mol. The lowest BCUT2D eigenvalue weighted by Crippen LogP contribution is -2.07. The highest BCUT2D eigenvalue weighted by Crippen LogP contribution is 2.27. The fourth-order valence-corrected chi connectivity index (χ4v) is 2.04. The van der Waals surface area contributed by atoms with Gasteiger partial charge in [0.2, 0.25) is 0 Å². The molecule has 0 aliphatic heterocycles. The Labute approximate surface area is 104 Å². The summed E-state index contributed by atoms with van der Waals surface area (Å²) in [4.78, 5) is 4.11. The molecule has 1 atom stereocenters. The van der Waals surface area contributed by atoms with Gasteiger partial charge in [-0.1, -0.05) is 18.2 Å². The van der Waals surface area contributed by atoms with Gasteiger partial charge < -0.3 is 9.52 Å². The van der Waals surface area contributed by atoms with Crippen molar-refractivity contribution in [3.05, 3.63) is 48.2 Å². The zero-order valence-corrected chi connectivity index (χ0v) is 9.95. The lowest BCUT2D eigenvalue weighted by molar-refractivity contribution is 0.175. The quantitative estimate of drug-likeness (QED) is 0.762. The van der Waals surface area contributed by atoms with Crippen LogP contribution in [0.1, 0.15) is 17.5 Å². The highest BCUT2D eigenvalue weighted by Gasteiger charge is 2.16. The molecule has 0 aliphatic rings. The first kappa shape index (κ1) is 11.0. The second-order valence-corrected chi connectivity index (χ2v) is 4.21. The summed E-state index contributed by atoms with van der Waals surface area (Å²) < 4.78 is 7.07. The van der Waals surface area contributed by atoms with E-state index in [-0.39, 0.29) is 0 Å². The predicted octanol–water partition coefficient (Wildman–Crippen LogP) is 1.84. The number of furan rings is 1. The van der Waals surface area contributed by atoms with E-state index in [0.29, 0.717) is 6.42 Å². The molecule has 0 saturated carbocycles. The number of aryl methyl sites for hydroxylation is 1. The number of rotatable bonds is 3. The average molecular weight is 243 g/mol. The predicted molar refractivity (Wildman–Crippen MR) is 65.9 cm³/mol. The maximum absolute atomic E-state index is 10.3. The van der Waals surface area contributed by atoms with Crippen molar-refractivity contribution in [1.82, 2.24) is 14.8 Å². The Morgan fingerprint density at radius 1 is 1.39 bits per heavy atom. The number of aromatic nitrogens is 3. The molecule has 0 fully saturated rings. The third kappa shape index (κ3) is 1.78. The molecule has 0 amide bonds. The summed E-state index contributed by atoms with van der Waals surface area (Å²) in [6.07, 6.45) is 2.86. The van der Waals surface area contributed by atoms with Crippen molar-refractivity contribution in [3.8, 4) is 0 Å². The van der Waals surface area contributed by atoms with Crippen molar-refractivity contribution in [1.29, 1.82) is 0 Å². The van der Waals surface area contributed by atoms with Crippen molar-refractivity contribution in [2.24, 2.45) is 7.05 Å². The summed E-state index contributed by atoms with van der Waals surface area (Å²) in [5.41, 5.74) is 1.57. The van der Waals surface area contributed by atoms with Gasteiger partial charge in [-0.05, 0) is 6.07 Å². The van der Waals surface area contributed by atoms with Crippen LogP contribution in [-0.4, -0.2) is 19.9 Å². The molecule has 1 N–H and O–H groups in total. The van der Waals surface area contributed by atoms with Crippen LogP contribution in [0, 0.1) is 0 Å². The van der Waals surface area contributed by atoms with Crippen LogP contribution < -0.4 is 0 Å². The monoisotopic (exact) mass is 243 g/mol. The van der Waals surface area contributed by atoms with Gasteiger partial charge >= 0.3 is 0 Å². The second kappa shape index (κ2) is 4.27. The molecule has 2 aromatic heterocycles. The fraction of sp³-hybridized carbons (Fsp3) is 0.231. The molecule has 5 heteroatoms. The van der Waals surface area contributed by atoms with Gasteiger partial charge in [-0.2, -0.15) is 5.10 Å². The minimum atomic E-state index is -0.642. The van der Waals surface area contributed by atoms with E-state index in [1.54, 1.807) is 10.9 Å². The van der Waals surface area contributed by atoms with E-state index in [0.717, 1.165) is 22.4 Å². The fourth-order valence-electron chi connectivity index (χ4n) is 2.04. The summed E-state index contributed by atoms with van der Waals surface area (Å²) in [7, 11) is 1.81. The Morgan fingerprint density at radius 3 is 3.00 bits per heavy atom. The number of para-hydroxylation sites is 1. The van der Waals surface area contributed by atoms with Crippen LogP contribution in [0.15, 0.2) is 41.3 Å². The Bertz CT molecular complexity index is 671. The lowest BCUT2D eigenvalue weighted by Gasteiger charge is -2.08. The number of hydrogen-bond acceptors (Lipinski definition) is 4. The highest BCUT2D eigenvalue weighted by atomic mass is 16.3. The van der Waals surface area contributed by atoms with Crippen LogP contribution in [0.2, 0.25) is 0 Å². The van der Waals surface area contributed by atoms with Crippen LogP contribution >= 0.6 is 0 Å². The third-order valence-corrected chi connectivity index (χ3v) is 3.05. The molecule has 3 aromatic rings. The molecule has 1 unspecified atom stereocenters. The molecule has 0 aliphatic carbocycles. The maximum Gasteiger partial charge on any atom is 0.138 e. The van der Waals surface area contributed by atoms with Crippen molar-refractivity contribution >= 4 is 11.0 Å². The van der Waals surface area contributed by atoms with Gasteiger partial charge in [0, 0.05) is 24.4 Å². The summed E-state index contributed by atoms with van der Waals surface area (Å²) in [6, 6.07) is 7.66. The van der Waals surface area contributed by atoms with Crippen molar-refractivity contribution < 1.29 is 9.52 Å². The third-order valence-electron chi connectivity index (χ3n) is 3.05. The Balaban J connectivity index is 1.93. The molecule has 5 nitrogen and oxygen atoms in total. The van der Waals surface area contributed by atoms with Crippen molar-refractivity contribution in [2.45, 2.75) is 12.5 Å².